The van der Waals surface area contributed by atoms with Crippen molar-refractivity contribution in [2.24, 2.45) is 5.92 Å². The summed E-state index contributed by atoms with van der Waals surface area (Å²) in [4.78, 5) is -0.0936. The topological polar surface area (TPSA) is 72.6 Å². The standard InChI is InChI=1S/C14H21FN2O3S/c1-3-17(8-11-4-5-20-9-11)21(18,19)12-6-13(15)10(2)14(16)7-12/h6-7,11H,3-5,8-9,16H2,1-2H3. The van der Waals surface area contributed by atoms with E-state index < -0.39 is 15.8 Å². The molecule has 1 aromatic carbocycles. The summed E-state index contributed by atoms with van der Waals surface area (Å²) in [5.74, 6) is -0.416. The molecular weight excluding hydrogens is 295 g/mol. The molecule has 5 nitrogen and oxygen atoms in total. The lowest BCUT2D eigenvalue weighted by Gasteiger charge is -2.23. The molecule has 0 aromatic heterocycles. The minimum atomic E-state index is -3.74. The molecule has 1 aromatic rings. The number of ether oxygens (including phenoxy) is 1. The summed E-state index contributed by atoms with van der Waals surface area (Å²) in [5.41, 5.74) is 6.09. The molecule has 0 saturated carbocycles. The number of sulfonamides is 1. The van der Waals surface area contributed by atoms with Crippen LogP contribution in [-0.2, 0) is 14.8 Å². The molecule has 1 fully saturated rings. The Morgan fingerprint density at radius 2 is 2.19 bits per heavy atom. The average molecular weight is 316 g/mol. The number of nitrogen functional groups attached to an aromatic ring is 1. The summed E-state index contributed by atoms with van der Waals surface area (Å²) in [7, 11) is -3.74. The van der Waals surface area contributed by atoms with E-state index in [1.54, 1.807) is 6.92 Å². The predicted molar refractivity (Wildman–Crippen MR) is 78.9 cm³/mol. The smallest absolute Gasteiger partial charge is 0.243 e. The normalized spacial score (nSPS) is 19.3. The number of benzene rings is 1. The zero-order valence-electron chi connectivity index (χ0n) is 12.3. The van der Waals surface area contributed by atoms with Crippen LogP contribution in [-0.4, -0.2) is 39.0 Å². The van der Waals surface area contributed by atoms with Crippen molar-refractivity contribution in [2.45, 2.75) is 25.2 Å². The van der Waals surface area contributed by atoms with Gasteiger partial charge in [-0.25, -0.2) is 12.8 Å². The molecule has 21 heavy (non-hydrogen) atoms. The van der Waals surface area contributed by atoms with Crippen molar-refractivity contribution in [3.05, 3.63) is 23.5 Å². The number of anilines is 1. The first-order chi connectivity index (χ1) is 9.86. The molecule has 0 aliphatic carbocycles. The quantitative estimate of drug-likeness (QED) is 0.840. The molecule has 1 heterocycles. The Kier molecular flexibility index (Phi) is 4.85. The van der Waals surface area contributed by atoms with E-state index in [1.165, 1.54) is 17.3 Å². The van der Waals surface area contributed by atoms with Gasteiger partial charge in [0.1, 0.15) is 5.82 Å². The van der Waals surface area contributed by atoms with Crippen LogP contribution in [0.2, 0.25) is 0 Å². The molecular formula is C14H21FN2O3S. The summed E-state index contributed by atoms with van der Waals surface area (Å²) >= 11 is 0. The first kappa shape index (κ1) is 16.2. The van der Waals surface area contributed by atoms with Crippen molar-refractivity contribution in [1.82, 2.24) is 4.31 Å². The highest BCUT2D eigenvalue weighted by Crippen LogP contribution is 2.25. The SMILES string of the molecule is CCN(CC1CCOC1)S(=O)(=O)c1cc(N)c(C)c(F)c1. The van der Waals surface area contributed by atoms with Crippen LogP contribution in [0.1, 0.15) is 18.9 Å². The van der Waals surface area contributed by atoms with E-state index in [1.807, 2.05) is 0 Å². The number of nitrogens with two attached hydrogens (primary N) is 1. The van der Waals surface area contributed by atoms with Crippen LogP contribution in [0.5, 0.6) is 0 Å². The van der Waals surface area contributed by atoms with Crippen LogP contribution in [0.3, 0.4) is 0 Å². The maximum Gasteiger partial charge on any atom is 0.243 e. The maximum absolute atomic E-state index is 13.8. The lowest BCUT2D eigenvalue weighted by Crippen LogP contribution is -2.35. The Balaban J connectivity index is 2.30. The van der Waals surface area contributed by atoms with Gasteiger partial charge in [0.05, 0.1) is 11.5 Å². The first-order valence-electron chi connectivity index (χ1n) is 6.99. The fourth-order valence-electron chi connectivity index (χ4n) is 2.38. The van der Waals surface area contributed by atoms with Gasteiger partial charge in [-0.3, -0.25) is 0 Å². The van der Waals surface area contributed by atoms with Gasteiger partial charge in [-0.1, -0.05) is 6.92 Å². The minimum absolute atomic E-state index is 0.0936. The van der Waals surface area contributed by atoms with Gasteiger partial charge in [-0.15, -0.1) is 0 Å². The van der Waals surface area contributed by atoms with Crippen molar-refractivity contribution in [3.8, 4) is 0 Å². The largest absolute Gasteiger partial charge is 0.398 e. The van der Waals surface area contributed by atoms with Crippen LogP contribution < -0.4 is 5.73 Å². The van der Waals surface area contributed by atoms with Gasteiger partial charge < -0.3 is 10.5 Å². The third kappa shape index (κ3) is 3.36. The number of hydrogen-bond donors (Lipinski definition) is 1. The molecule has 0 bridgehead atoms. The van der Waals surface area contributed by atoms with Gasteiger partial charge in [0.25, 0.3) is 0 Å². The summed E-state index contributed by atoms with van der Waals surface area (Å²) < 4.78 is 45.6. The maximum atomic E-state index is 13.8. The van der Waals surface area contributed by atoms with Crippen molar-refractivity contribution < 1.29 is 17.5 Å². The number of nitrogens with zero attached hydrogens (tertiary/aromatic N) is 1. The number of halogens is 1. The molecule has 0 amide bonds. The van der Waals surface area contributed by atoms with Gasteiger partial charge in [0.2, 0.25) is 10.0 Å². The first-order valence-corrected chi connectivity index (χ1v) is 8.43. The monoisotopic (exact) mass is 316 g/mol. The highest BCUT2D eigenvalue weighted by Gasteiger charge is 2.28. The Hall–Kier alpha value is -1.18. The van der Waals surface area contributed by atoms with Gasteiger partial charge in [0, 0.05) is 30.9 Å². The molecule has 1 saturated heterocycles. The summed E-state index contributed by atoms with van der Waals surface area (Å²) in [6.45, 7) is 5.23. The summed E-state index contributed by atoms with van der Waals surface area (Å²) in [6.07, 6.45) is 0.844. The van der Waals surface area contributed by atoms with Crippen molar-refractivity contribution >= 4 is 15.7 Å². The highest BCUT2D eigenvalue weighted by atomic mass is 32.2. The second-order valence-corrected chi connectivity index (χ2v) is 7.24. The lowest BCUT2D eigenvalue weighted by molar-refractivity contribution is 0.181. The third-order valence-electron chi connectivity index (χ3n) is 3.83. The molecule has 0 radical (unpaired) electrons. The Bertz CT molecular complexity index is 590. The second kappa shape index (κ2) is 6.29. The Morgan fingerprint density at radius 3 is 2.71 bits per heavy atom. The van der Waals surface area contributed by atoms with Gasteiger partial charge >= 0.3 is 0 Å². The van der Waals surface area contributed by atoms with Crippen LogP contribution in [0.25, 0.3) is 0 Å². The lowest BCUT2D eigenvalue weighted by atomic mass is 10.1. The Labute approximate surface area is 124 Å². The predicted octanol–water partition coefficient (Wildman–Crippen LogP) is 1.76. The van der Waals surface area contributed by atoms with Crippen molar-refractivity contribution in [2.75, 3.05) is 32.0 Å². The second-order valence-electron chi connectivity index (χ2n) is 5.30. The molecule has 7 heteroatoms. The van der Waals surface area contributed by atoms with Gasteiger partial charge in [0.15, 0.2) is 0 Å². The van der Waals surface area contributed by atoms with E-state index in [2.05, 4.69) is 0 Å². The minimum Gasteiger partial charge on any atom is -0.398 e. The number of rotatable bonds is 5. The molecule has 1 atom stereocenters. The van der Waals surface area contributed by atoms with E-state index in [4.69, 9.17) is 10.5 Å². The van der Waals surface area contributed by atoms with E-state index in [0.717, 1.165) is 12.5 Å². The molecule has 2 N–H and O–H groups in total. The van der Waals surface area contributed by atoms with E-state index in [-0.39, 0.29) is 22.1 Å². The van der Waals surface area contributed by atoms with Gasteiger partial charge in [-0.05, 0) is 31.4 Å². The Morgan fingerprint density at radius 1 is 1.48 bits per heavy atom. The molecule has 2 rings (SSSR count). The molecule has 1 unspecified atom stereocenters. The summed E-state index contributed by atoms with van der Waals surface area (Å²) in [5, 5.41) is 0. The van der Waals surface area contributed by atoms with E-state index in [9.17, 15) is 12.8 Å². The average Bonchev–Trinajstić information content (AvgIpc) is 2.94. The number of hydrogen-bond acceptors (Lipinski definition) is 4. The molecule has 1 aliphatic rings. The zero-order chi connectivity index (χ0) is 15.6. The van der Waals surface area contributed by atoms with Crippen molar-refractivity contribution in [3.63, 3.8) is 0 Å². The fourth-order valence-corrected chi connectivity index (χ4v) is 3.96. The van der Waals surface area contributed by atoms with Crippen molar-refractivity contribution in [1.29, 1.82) is 0 Å². The summed E-state index contributed by atoms with van der Waals surface area (Å²) in [6, 6.07) is 2.36. The van der Waals surface area contributed by atoms with E-state index in [0.29, 0.717) is 26.3 Å². The van der Waals surface area contributed by atoms with Crippen LogP contribution in [0, 0.1) is 18.7 Å². The zero-order valence-corrected chi connectivity index (χ0v) is 13.1. The molecule has 118 valence electrons. The molecule has 1 aliphatic heterocycles. The van der Waals surface area contributed by atoms with E-state index >= 15 is 0 Å². The van der Waals surface area contributed by atoms with Crippen LogP contribution in [0.15, 0.2) is 17.0 Å². The fraction of sp³-hybridized carbons (Fsp3) is 0.571. The third-order valence-corrected chi connectivity index (χ3v) is 5.75. The van der Waals surface area contributed by atoms with Crippen LogP contribution in [0.4, 0.5) is 10.1 Å². The molecule has 0 spiro atoms. The van der Waals surface area contributed by atoms with Gasteiger partial charge in [-0.2, -0.15) is 4.31 Å². The van der Waals surface area contributed by atoms with Crippen LogP contribution >= 0.6 is 0 Å². The highest BCUT2D eigenvalue weighted by molar-refractivity contribution is 7.89.